The summed E-state index contributed by atoms with van der Waals surface area (Å²) in [5.74, 6) is -0.0746. The summed E-state index contributed by atoms with van der Waals surface area (Å²) in [7, 11) is 0. The second-order valence-electron chi connectivity index (χ2n) is 9.58. The van der Waals surface area contributed by atoms with Gasteiger partial charge in [-0.15, -0.1) is 0 Å². The lowest BCUT2D eigenvalue weighted by Crippen LogP contribution is -2.45. The van der Waals surface area contributed by atoms with Crippen molar-refractivity contribution in [3.63, 3.8) is 0 Å². The highest BCUT2D eigenvalue weighted by atomic mass is 35.5. The summed E-state index contributed by atoms with van der Waals surface area (Å²) in [5, 5.41) is 7.55. The number of ketones is 3. The summed E-state index contributed by atoms with van der Waals surface area (Å²) in [6, 6.07) is 11.5. The maximum absolute atomic E-state index is 13.4. The van der Waals surface area contributed by atoms with Gasteiger partial charge >= 0.3 is 0 Å². The van der Waals surface area contributed by atoms with Crippen LogP contribution in [0.5, 0.6) is 0 Å². The highest BCUT2D eigenvalue weighted by Gasteiger charge is 2.24. The molecule has 39 heavy (non-hydrogen) atoms. The van der Waals surface area contributed by atoms with Crippen molar-refractivity contribution in [3.8, 4) is 0 Å². The van der Waals surface area contributed by atoms with Gasteiger partial charge in [-0.3, -0.25) is 23.7 Å². The van der Waals surface area contributed by atoms with E-state index < -0.39 is 6.04 Å². The standard InChI is InChI=1S/C29H34ClN3O4S2/c1-17-4-9-27-24(12-17)23(18(2)33(27)29(37)20-5-7-21(30)8-6-20)13-22(35)14-28(36)26(16-39)32-11-10-31-25(15-38)19(3)34/h4-9,12,25-26,31-32,38-39H,10-11,13-16H2,1-3H3/t25-,26-/m0/s1. The molecule has 208 valence electrons. The average molecular weight is 588 g/mol. The summed E-state index contributed by atoms with van der Waals surface area (Å²) in [5.41, 5.74) is 3.58. The van der Waals surface area contributed by atoms with E-state index in [1.807, 2.05) is 32.0 Å². The summed E-state index contributed by atoms with van der Waals surface area (Å²) in [6.45, 7) is 6.17. The minimum absolute atomic E-state index is 0.000808. The lowest BCUT2D eigenvalue weighted by molar-refractivity contribution is -0.127. The zero-order valence-corrected chi connectivity index (χ0v) is 24.8. The number of aryl methyl sites for hydroxylation is 1. The van der Waals surface area contributed by atoms with E-state index in [2.05, 4.69) is 35.9 Å². The third-order valence-electron chi connectivity index (χ3n) is 6.68. The highest BCUT2D eigenvalue weighted by molar-refractivity contribution is 7.80. The Kier molecular flexibility index (Phi) is 11.4. The maximum Gasteiger partial charge on any atom is 0.262 e. The van der Waals surface area contributed by atoms with Crippen LogP contribution in [0.25, 0.3) is 10.9 Å². The van der Waals surface area contributed by atoms with E-state index in [9.17, 15) is 19.2 Å². The Bertz CT molecular complexity index is 1370. The van der Waals surface area contributed by atoms with Gasteiger partial charge in [0.2, 0.25) is 0 Å². The number of nitrogens with zero attached hydrogens (tertiary/aromatic N) is 1. The van der Waals surface area contributed by atoms with Gasteiger partial charge in [0.15, 0.2) is 5.78 Å². The average Bonchev–Trinajstić information content (AvgIpc) is 3.16. The molecular weight excluding hydrogens is 554 g/mol. The first-order chi connectivity index (χ1) is 18.6. The van der Waals surface area contributed by atoms with Gasteiger partial charge in [-0.1, -0.05) is 23.2 Å². The molecule has 1 aromatic heterocycles. The summed E-state index contributed by atoms with van der Waals surface area (Å²) in [6.07, 6.45) is -0.219. The van der Waals surface area contributed by atoms with Crippen LogP contribution in [0.4, 0.5) is 0 Å². The number of hydrogen-bond acceptors (Lipinski definition) is 8. The number of benzene rings is 2. The van der Waals surface area contributed by atoms with Crippen molar-refractivity contribution < 1.29 is 19.2 Å². The van der Waals surface area contributed by atoms with Crippen LogP contribution in [0.15, 0.2) is 42.5 Å². The number of fused-ring (bicyclic) bond motifs is 1. The smallest absolute Gasteiger partial charge is 0.262 e. The maximum atomic E-state index is 13.4. The van der Waals surface area contributed by atoms with Gasteiger partial charge in [0.25, 0.3) is 5.91 Å². The molecule has 10 heteroatoms. The number of thiol groups is 2. The van der Waals surface area contributed by atoms with Crippen LogP contribution >= 0.6 is 36.9 Å². The Morgan fingerprint density at radius 1 is 0.923 bits per heavy atom. The van der Waals surface area contributed by atoms with Crippen molar-refractivity contribution in [3.05, 3.63) is 69.9 Å². The number of carbonyl (C=O) groups is 4. The third kappa shape index (κ3) is 7.83. The van der Waals surface area contributed by atoms with Gasteiger partial charge in [0.1, 0.15) is 11.6 Å². The van der Waals surface area contributed by atoms with E-state index in [0.717, 1.165) is 16.5 Å². The van der Waals surface area contributed by atoms with Crippen molar-refractivity contribution >= 4 is 71.0 Å². The number of halogens is 1. The van der Waals surface area contributed by atoms with E-state index in [0.29, 0.717) is 40.6 Å². The molecule has 0 aliphatic heterocycles. The Morgan fingerprint density at radius 2 is 1.54 bits per heavy atom. The van der Waals surface area contributed by atoms with E-state index in [1.54, 1.807) is 28.8 Å². The zero-order valence-electron chi connectivity index (χ0n) is 22.3. The number of aromatic nitrogens is 1. The fraction of sp³-hybridized carbons (Fsp3) is 0.379. The zero-order chi connectivity index (χ0) is 28.7. The normalized spacial score (nSPS) is 12.9. The number of nitrogens with one attached hydrogen (secondary N) is 2. The third-order valence-corrected chi connectivity index (χ3v) is 7.66. The minimum atomic E-state index is -0.595. The van der Waals surface area contributed by atoms with E-state index in [4.69, 9.17) is 11.6 Å². The summed E-state index contributed by atoms with van der Waals surface area (Å²) in [4.78, 5) is 51.0. The van der Waals surface area contributed by atoms with Crippen LogP contribution in [-0.4, -0.2) is 64.5 Å². The van der Waals surface area contributed by atoms with Crippen molar-refractivity contribution in [2.45, 2.75) is 45.7 Å². The molecule has 0 saturated heterocycles. The molecule has 0 fully saturated rings. The molecular formula is C29H34ClN3O4S2. The van der Waals surface area contributed by atoms with Gasteiger partial charge in [-0.25, -0.2) is 0 Å². The fourth-order valence-corrected chi connectivity index (χ4v) is 5.34. The lowest BCUT2D eigenvalue weighted by atomic mass is 9.99. The minimum Gasteiger partial charge on any atom is -0.306 e. The Balaban J connectivity index is 1.74. The molecule has 2 atom stereocenters. The molecule has 3 aromatic rings. The van der Waals surface area contributed by atoms with Gasteiger partial charge in [0.05, 0.1) is 24.0 Å². The first-order valence-corrected chi connectivity index (χ1v) is 14.4. The quantitative estimate of drug-likeness (QED) is 0.129. The number of Topliss-reactive ketones (excluding diaryl/α,β-unsaturated/α-hetero) is 3. The van der Waals surface area contributed by atoms with Crippen molar-refractivity contribution in [1.29, 1.82) is 0 Å². The van der Waals surface area contributed by atoms with Gasteiger partial charge in [-0.2, -0.15) is 25.3 Å². The molecule has 2 N–H and O–H groups in total. The summed E-state index contributed by atoms with van der Waals surface area (Å²) >= 11 is 14.4. The molecule has 7 nitrogen and oxygen atoms in total. The number of carbonyl (C=O) groups excluding carboxylic acids is 4. The van der Waals surface area contributed by atoms with Crippen molar-refractivity contribution in [2.24, 2.45) is 0 Å². The second-order valence-corrected chi connectivity index (χ2v) is 10.7. The molecule has 0 spiro atoms. The molecule has 0 amide bonds. The molecule has 0 aliphatic carbocycles. The predicted octanol–water partition coefficient (Wildman–Crippen LogP) is 4.04. The van der Waals surface area contributed by atoms with Crippen LogP contribution in [0, 0.1) is 13.8 Å². The van der Waals surface area contributed by atoms with Crippen LogP contribution in [0.3, 0.4) is 0 Å². The molecule has 1 heterocycles. The SMILES string of the molecule is CC(=O)[C@H](CS)NCCN[C@@H](CS)C(=O)CC(=O)Cc1c(C)n(C(=O)c2ccc(Cl)cc2)c2ccc(C)cc12. The van der Waals surface area contributed by atoms with E-state index in [-0.39, 0.29) is 47.9 Å². The number of hydrogen-bond donors (Lipinski definition) is 4. The predicted molar refractivity (Wildman–Crippen MR) is 163 cm³/mol. The van der Waals surface area contributed by atoms with Crippen LogP contribution in [0.1, 0.15) is 40.5 Å². The van der Waals surface area contributed by atoms with Crippen molar-refractivity contribution in [1.82, 2.24) is 15.2 Å². The van der Waals surface area contributed by atoms with Gasteiger partial charge in [0, 0.05) is 52.7 Å². The molecule has 0 unspecified atom stereocenters. The largest absolute Gasteiger partial charge is 0.306 e. The van der Waals surface area contributed by atoms with Crippen LogP contribution in [0.2, 0.25) is 5.02 Å². The Hall–Kier alpha value is -2.43. The van der Waals surface area contributed by atoms with Crippen molar-refractivity contribution in [2.75, 3.05) is 24.6 Å². The molecule has 0 saturated carbocycles. The highest BCUT2D eigenvalue weighted by Crippen LogP contribution is 2.29. The first-order valence-electron chi connectivity index (χ1n) is 12.7. The monoisotopic (exact) mass is 587 g/mol. The lowest BCUT2D eigenvalue weighted by Gasteiger charge is -2.17. The second kappa shape index (κ2) is 14.3. The molecule has 3 rings (SSSR count). The van der Waals surface area contributed by atoms with E-state index >= 15 is 0 Å². The topological polar surface area (TPSA) is 97.3 Å². The van der Waals surface area contributed by atoms with Gasteiger partial charge in [-0.05, 0) is 62.7 Å². The molecule has 0 radical (unpaired) electrons. The summed E-state index contributed by atoms with van der Waals surface area (Å²) < 4.78 is 1.62. The van der Waals surface area contributed by atoms with Gasteiger partial charge < -0.3 is 10.6 Å². The first kappa shape index (κ1) is 31.1. The van der Waals surface area contributed by atoms with E-state index in [1.165, 1.54) is 6.92 Å². The Labute approximate surface area is 244 Å². The van der Waals surface area contributed by atoms with Crippen LogP contribution < -0.4 is 10.6 Å². The molecule has 2 aromatic carbocycles. The Morgan fingerprint density at radius 3 is 2.13 bits per heavy atom. The number of rotatable bonds is 14. The van der Waals surface area contributed by atoms with Crippen LogP contribution in [-0.2, 0) is 20.8 Å². The fourth-order valence-electron chi connectivity index (χ4n) is 4.49. The molecule has 0 aliphatic rings. The molecule has 0 bridgehead atoms.